The first-order valence-corrected chi connectivity index (χ1v) is 10.3. The lowest BCUT2D eigenvalue weighted by atomic mass is 10.2. The molecule has 1 fully saturated rings. The molecule has 3 heterocycles. The first kappa shape index (κ1) is 18.8. The van der Waals surface area contributed by atoms with Gasteiger partial charge >= 0.3 is 5.69 Å². The minimum atomic E-state index is -3.69. The van der Waals surface area contributed by atoms with E-state index in [-0.39, 0.29) is 22.7 Å². The van der Waals surface area contributed by atoms with E-state index in [0.717, 1.165) is 46.5 Å². The number of pyridine rings is 1. The highest BCUT2D eigenvalue weighted by molar-refractivity contribution is 7.89. The summed E-state index contributed by atoms with van der Waals surface area (Å²) in [6.45, 7) is 0.780. The second kappa shape index (κ2) is 7.10. The van der Waals surface area contributed by atoms with E-state index in [4.69, 9.17) is 0 Å². The minimum absolute atomic E-state index is 0.0142. The van der Waals surface area contributed by atoms with Gasteiger partial charge in [0.15, 0.2) is 5.65 Å². The summed E-state index contributed by atoms with van der Waals surface area (Å²) in [4.78, 5) is 12.6. The topological polar surface area (TPSA) is 76.7 Å². The van der Waals surface area contributed by atoms with Crippen LogP contribution in [-0.2, 0) is 16.6 Å². The summed E-state index contributed by atoms with van der Waals surface area (Å²) >= 11 is 0. The van der Waals surface area contributed by atoms with Crippen molar-refractivity contribution in [3.63, 3.8) is 0 Å². The number of piperidine rings is 1. The van der Waals surface area contributed by atoms with Crippen molar-refractivity contribution in [1.82, 2.24) is 18.5 Å². The van der Waals surface area contributed by atoms with Gasteiger partial charge in [0, 0.05) is 25.4 Å². The van der Waals surface area contributed by atoms with E-state index >= 15 is 0 Å². The van der Waals surface area contributed by atoms with Gasteiger partial charge in [-0.2, -0.15) is 4.31 Å². The fraction of sp³-hybridized carbons (Fsp3) is 0.333. The lowest BCUT2D eigenvalue weighted by Gasteiger charge is -2.25. The average Bonchev–Trinajstić information content (AvgIpc) is 2.97. The Morgan fingerprint density at radius 1 is 1.00 bits per heavy atom. The predicted octanol–water partition coefficient (Wildman–Crippen LogP) is 2.00. The zero-order chi connectivity index (χ0) is 19.9. The molecule has 10 heteroatoms. The number of nitrogens with zero attached hydrogens (tertiary/aromatic N) is 4. The first-order valence-electron chi connectivity index (χ1n) is 8.89. The number of halogens is 2. The van der Waals surface area contributed by atoms with Crippen molar-refractivity contribution in [2.45, 2.75) is 30.7 Å². The molecule has 0 atom stereocenters. The Bertz CT molecular complexity index is 1180. The summed E-state index contributed by atoms with van der Waals surface area (Å²) in [6.07, 6.45) is 3.86. The molecule has 2 aromatic heterocycles. The van der Waals surface area contributed by atoms with Crippen LogP contribution in [0.15, 0.2) is 46.2 Å². The molecule has 0 N–H and O–H groups in total. The van der Waals surface area contributed by atoms with Crippen molar-refractivity contribution in [1.29, 1.82) is 0 Å². The Kier molecular flexibility index (Phi) is 4.76. The van der Waals surface area contributed by atoms with Crippen LogP contribution in [0.5, 0.6) is 0 Å². The number of hydrogen-bond donors (Lipinski definition) is 0. The maximum absolute atomic E-state index is 13.4. The van der Waals surface area contributed by atoms with Crippen LogP contribution in [-0.4, -0.2) is 40.0 Å². The van der Waals surface area contributed by atoms with Crippen molar-refractivity contribution in [2.75, 3.05) is 13.1 Å². The number of sulfonamides is 1. The molecule has 1 aliphatic heterocycles. The summed E-state index contributed by atoms with van der Waals surface area (Å²) in [5.41, 5.74) is -0.0981. The molecule has 4 rings (SSSR count). The summed E-state index contributed by atoms with van der Waals surface area (Å²) in [5.74, 6) is -1.50. The van der Waals surface area contributed by atoms with Gasteiger partial charge in [-0.3, -0.25) is 0 Å². The highest BCUT2D eigenvalue weighted by Crippen LogP contribution is 2.20. The van der Waals surface area contributed by atoms with Gasteiger partial charge in [0.1, 0.15) is 11.6 Å². The van der Waals surface area contributed by atoms with E-state index in [9.17, 15) is 22.0 Å². The predicted molar refractivity (Wildman–Crippen MR) is 97.5 cm³/mol. The van der Waals surface area contributed by atoms with Crippen LogP contribution < -0.4 is 5.69 Å². The Morgan fingerprint density at radius 2 is 1.68 bits per heavy atom. The molecule has 0 amide bonds. The van der Waals surface area contributed by atoms with Crippen LogP contribution in [0.2, 0.25) is 0 Å². The molecule has 1 aliphatic rings. The first-order chi connectivity index (χ1) is 13.3. The highest BCUT2D eigenvalue weighted by atomic mass is 32.2. The second-order valence-corrected chi connectivity index (χ2v) is 8.71. The summed E-state index contributed by atoms with van der Waals surface area (Å²) < 4.78 is 56.0. The van der Waals surface area contributed by atoms with Gasteiger partial charge in [-0.15, -0.1) is 5.10 Å². The van der Waals surface area contributed by atoms with Crippen LogP contribution in [0.3, 0.4) is 0 Å². The molecule has 0 bridgehead atoms. The quantitative estimate of drug-likeness (QED) is 0.662. The molecule has 0 radical (unpaired) electrons. The van der Waals surface area contributed by atoms with Crippen molar-refractivity contribution in [2.24, 2.45) is 0 Å². The lowest BCUT2D eigenvalue weighted by molar-refractivity contribution is 0.346. The molecule has 0 saturated carbocycles. The van der Waals surface area contributed by atoms with Crippen LogP contribution in [0.4, 0.5) is 8.78 Å². The molecule has 0 spiro atoms. The Balaban J connectivity index is 1.71. The van der Waals surface area contributed by atoms with Gasteiger partial charge in [0.2, 0.25) is 10.0 Å². The SMILES string of the molecule is O=c1n(Cc2cc(F)cc(F)c2)nc2ccc(S(=O)(=O)N3CCCCC3)cn12. The van der Waals surface area contributed by atoms with Crippen molar-refractivity contribution >= 4 is 15.7 Å². The zero-order valence-electron chi connectivity index (χ0n) is 14.9. The van der Waals surface area contributed by atoms with Gasteiger partial charge in [0.25, 0.3) is 0 Å². The molecule has 0 unspecified atom stereocenters. The zero-order valence-corrected chi connectivity index (χ0v) is 15.7. The molecule has 3 aromatic rings. The maximum Gasteiger partial charge on any atom is 0.350 e. The molecule has 1 saturated heterocycles. The van der Waals surface area contributed by atoms with Gasteiger partial charge in [-0.05, 0) is 42.7 Å². The van der Waals surface area contributed by atoms with Crippen molar-refractivity contribution in [3.05, 3.63) is 64.2 Å². The number of rotatable bonds is 4. The Morgan fingerprint density at radius 3 is 2.36 bits per heavy atom. The Labute approximate surface area is 159 Å². The summed E-state index contributed by atoms with van der Waals surface area (Å²) in [7, 11) is -3.69. The molecule has 7 nitrogen and oxygen atoms in total. The van der Waals surface area contributed by atoms with Crippen molar-refractivity contribution in [3.8, 4) is 0 Å². The fourth-order valence-electron chi connectivity index (χ4n) is 3.38. The summed E-state index contributed by atoms with van der Waals surface area (Å²) in [6, 6.07) is 5.84. The third kappa shape index (κ3) is 3.45. The van der Waals surface area contributed by atoms with Crippen LogP contribution in [0.25, 0.3) is 5.65 Å². The third-order valence-corrected chi connectivity index (χ3v) is 6.64. The van der Waals surface area contributed by atoms with Crippen LogP contribution >= 0.6 is 0 Å². The van der Waals surface area contributed by atoms with E-state index < -0.39 is 27.3 Å². The standard InChI is InChI=1S/C18H18F2N4O3S/c19-14-8-13(9-15(20)10-14)11-24-18(25)23-12-16(4-5-17(23)21-24)28(26,27)22-6-2-1-3-7-22/h4-5,8-10,12H,1-3,6-7,11H2. The van der Waals surface area contributed by atoms with E-state index in [1.165, 1.54) is 22.6 Å². The van der Waals surface area contributed by atoms with Gasteiger partial charge in [-0.1, -0.05) is 6.42 Å². The molecule has 148 valence electrons. The maximum atomic E-state index is 13.4. The second-order valence-electron chi connectivity index (χ2n) is 6.78. The van der Waals surface area contributed by atoms with E-state index in [1.54, 1.807) is 0 Å². The minimum Gasteiger partial charge on any atom is -0.249 e. The monoisotopic (exact) mass is 408 g/mol. The Hall–Kier alpha value is -2.59. The normalized spacial score (nSPS) is 15.9. The fourth-order valence-corrected chi connectivity index (χ4v) is 4.90. The number of aromatic nitrogens is 3. The third-order valence-electron chi connectivity index (χ3n) is 4.76. The smallest absolute Gasteiger partial charge is 0.249 e. The largest absolute Gasteiger partial charge is 0.350 e. The van der Waals surface area contributed by atoms with E-state index in [1.807, 2.05) is 0 Å². The molecule has 1 aromatic carbocycles. The highest BCUT2D eigenvalue weighted by Gasteiger charge is 2.26. The van der Waals surface area contributed by atoms with Gasteiger partial charge in [0.05, 0.1) is 11.4 Å². The molecule has 0 aliphatic carbocycles. The number of fused-ring (bicyclic) bond motifs is 1. The molecular weight excluding hydrogens is 390 g/mol. The van der Waals surface area contributed by atoms with Crippen LogP contribution in [0, 0.1) is 11.6 Å². The van der Waals surface area contributed by atoms with Crippen molar-refractivity contribution < 1.29 is 17.2 Å². The number of benzene rings is 1. The van der Waals surface area contributed by atoms with E-state index in [2.05, 4.69) is 5.10 Å². The lowest BCUT2D eigenvalue weighted by Crippen LogP contribution is -2.35. The van der Waals surface area contributed by atoms with Gasteiger partial charge in [-0.25, -0.2) is 31.1 Å². The molecular formula is C18H18F2N4O3S. The van der Waals surface area contributed by atoms with Gasteiger partial charge < -0.3 is 0 Å². The summed E-state index contributed by atoms with van der Waals surface area (Å²) in [5, 5.41) is 4.12. The number of hydrogen-bond acceptors (Lipinski definition) is 4. The molecule has 28 heavy (non-hydrogen) atoms. The van der Waals surface area contributed by atoms with E-state index in [0.29, 0.717) is 13.1 Å². The van der Waals surface area contributed by atoms with Crippen LogP contribution in [0.1, 0.15) is 24.8 Å². The average molecular weight is 408 g/mol.